The van der Waals surface area contributed by atoms with Gasteiger partial charge in [0.25, 0.3) is 0 Å². The average Bonchev–Trinajstić information content (AvgIpc) is 2.29. The summed E-state index contributed by atoms with van der Waals surface area (Å²) in [6.45, 7) is 5.53. The smallest absolute Gasteiger partial charge is 0.0409 e. The third-order valence-corrected chi connectivity index (χ3v) is 3.07. The Kier molecular flexibility index (Phi) is 6.51. The van der Waals surface area contributed by atoms with Crippen molar-refractivity contribution in [3.05, 3.63) is 34.9 Å². The molecule has 0 saturated carbocycles. The number of benzene rings is 1. The molecule has 0 heterocycles. The van der Waals surface area contributed by atoms with E-state index in [1.807, 2.05) is 12.1 Å². The molecule has 0 saturated heterocycles. The SMILES string of the molecule is CCCCCNC(CC)c1cccc(Cl)c1. The van der Waals surface area contributed by atoms with E-state index in [1.165, 1.54) is 24.8 Å². The summed E-state index contributed by atoms with van der Waals surface area (Å²) < 4.78 is 0. The van der Waals surface area contributed by atoms with Gasteiger partial charge in [-0.15, -0.1) is 0 Å². The van der Waals surface area contributed by atoms with Crippen molar-refractivity contribution >= 4 is 11.6 Å². The second-order valence-corrected chi connectivity index (χ2v) is 4.61. The van der Waals surface area contributed by atoms with Crippen LogP contribution in [0.4, 0.5) is 0 Å². The fourth-order valence-corrected chi connectivity index (χ4v) is 2.07. The van der Waals surface area contributed by atoms with Crippen LogP contribution in [0.3, 0.4) is 0 Å². The van der Waals surface area contributed by atoms with Gasteiger partial charge in [-0.3, -0.25) is 0 Å². The van der Waals surface area contributed by atoms with E-state index in [0.717, 1.165) is 18.0 Å². The van der Waals surface area contributed by atoms with Crippen LogP contribution >= 0.6 is 11.6 Å². The molecule has 2 heteroatoms. The van der Waals surface area contributed by atoms with Crippen LogP contribution in [0.15, 0.2) is 24.3 Å². The van der Waals surface area contributed by atoms with E-state index in [9.17, 15) is 0 Å². The Hall–Kier alpha value is -0.530. The highest BCUT2D eigenvalue weighted by atomic mass is 35.5. The summed E-state index contributed by atoms with van der Waals surface area (Å²) in [5, 5.41) is 4.41. The maximum absolute atomic E-state index is 6.00. The van der Waals surface area contributed by atoms with Crippen molar-refractivity contribution in [2.75, 3.05) is 6.54 Å². The van der Waals surface area contributed by atoms with Gasteiger partial charge in [-0.25, -0.2) is 0 Å². The third-order valence-electron chi connectivity index (χ3n) is 2.83. The van der Waals surface area contributed by atoms with Crippen LogP contribution in [0.25, 0.3) is 0 Å². The lowest BCUT2D eigenvalue weighted by molar-refractivity contribution is 0.501. The van der Waals surface area contributed by atoms with Crippen molar-refractivity contribution in [1.82, 2.24) is 5.32 Å². The molecule has 1 aromatic rings. The fourth-order valence-electron chi connectivity index (χ4n) is 1.87. The summed E-state index contributed by atoms with van der Waals surface area (Å²) in [5.74, 6) is 0. The molecule has 0 aromatic heterocycles. The topological polar surface area (TPSA) is 12.0 Å². The minimum absolute atomic E-state index is 0.440. The number of rotatable bonds is 7. The molecule has 0 aliphatic heterocycles. The molecule has 0 amide bonds. The van der Waals surface area contributed by atoms with Crippen molar-refractivity contribution in [2.24, 2.45) is 0 Å². The van der Waals surface area contributed by atoms with Gasteiger partial charge in [0.2, 0.25) is 0 Å². The highest BCUT2D eigenvalue weighted by molar-refractivity contribution is 6.30. The van der Waals surface area contributed by atoms with Gasteiger partial charge in [0.1, 0.15) is 0 Å². The number of unbranched alkanes of at least 4 members (excludes halogenated alkanes) is 2. The predicted molar refractivity (Wildman–Crippen MR) is 72.0 cm³/mol. The van der Waals surface area contributed by atoms with Crippen LogP contribution in [0.2, 0.25) is 5.02 Å². The van der Waals surface area contributed by atoms with Crippen LogP contribution in [0.5, 0.6) is 0 Å². The minimum atomic E-state index is 0.440. The van der Waals surface area contributed by atoms with Crippen molar-refractivity contribution in [3.8, 4) is 0 Å². The molecule has 1 unspecified atom stereocenters. The van der Waals surface area contributed by atoms with E-state index in [1.54, 1.807) is 0 Å². The maximum atomic E-state index is 6.00. The van der Waals surface area contributed by atoms with Crippen LogP contribution in [-0.4, -0.2) is 6.54 Å². The molecular weight excluding hydrogens is 218 g/mol. The zero-order valence-corrected chi connectivity index (χ0v) is 11.1. The molecule has 0 fully saturated rings. The minimum Gasteiger partial charge on any atom is -0.310 e. The summed E-state index contributed by atoms with van der Waals surface area (Å²) in [6.07, 6.45) is 4.94. The van der Waals surface area contributed by atoms with E-state index >= 15 is 0 Å². The Morgan fingerprint density at radius 2 is 2.06 bits per heavy atom. The van der Waals surface area contributed by atoms with E-state index in [4.69, 9.17) is 11.6 Å². The Morgan fingerprint density at radius 3 is 2.69 bits per heavy atom. The van der Waals surface area contributed by atoms with Gasteiger partial charge in [0, 0.05) is 11.1 Å². The van der Waals surface area contributed by atoms with E-state index in [2.05, 4.69) is 31.3 Å². The Labute approximate surface area is 104 Å². The molecule has 0 aliphatic rings. The fraction of sp³-hybridized carbons (Fsp3) is 0.571. The van der Waals surface area contributed by atoms with Crippen molar-refractivity contribution in [3.63, 3.8) is 0 Å². The number of hydrogen-bond donors (Lipinski definition) is 1. The molecule has 1 rings (SSSR count). The van der Waals surface area contributed by atoms with Crippen molar-refractivity contribution < 1.29 is 0 Å². The molecule has 0 bridgehead atoms. The maximum Gasteiger partial charge on any atom is 0.0409 e. The molecule has 1 aromatic carbocycles. The molecule has 1 nitrogen and oxygen atoms in total. The Bertz CT molecular complexity index is 299. The summed E-state index contributed by atoms with van der Waals surface area (Å²) in [6, 6.07) is 8.59. The van der Waals surface area contributed by atoms with Crippen LogP contribution in [0, 0.1) is 0 Å². The predicted octanol–water partition coefficient (Wildman–Crippen LogP) is 4.57. The lowest BCUT2D eigenvalue weighted by atomic mass is 10.0. The standard InChI is InChI=1S/C14H22ClN/c1-3-5-6-10-16-14(4-2)12-8-7-9-13(15)11-12/h7-9,11,14,16H,3-6,10H2,1-2H3. The van der Waals surface area contributed by atoms with E-state index in [0.29, 0.717) is 6.04 Å². The molecule has 90 valence electrons. The zero-order valence-electron chi connectivity index (χ0n) is 10.3. The number of halogens is 1. The summed E-state index contributed by atoms with van der Waals surface area (Å²) in [4.78, 5) is 0. The highest BCUT2D eigenvalue weighted by Gasteiger charge is 2.07. The quantitative estimate of drug-likeness (QED) is 0.688. The second-order valence-electron chi connectivity index (χ2n) is 4.18. The van der Waals surface area contributed by atoms with Crippen molar-refractivity contribution in [1.29, 1.82) is 0 Å². The van der Waals surface area contributed by atoms with Gasteiger partial charge >= 0.3 is 0 Å². The third kappa shape index (κ3) is 4.54. The first-order valence-electron chi connectivity index (χ1n) is 6.26. The summed E-state index contributed by atoms with van der Waals surface area (Å²) in [7, 11) is 0. The highest BCUT2D eigenvalue weighted by Crippen LogP contribution is 2.20. The molecular formula is C14H22ClN. The Morgan fingerprint density at radius 1 is 1.25 bits per heavy atom. The first kappa shape index (κ1) is 13.5. The molecule has 1 N–H and O–H groups in total. The lowest BCUT2D eigenvalue weighted by Crippen LogP contribution is -2.21. The zero-order chi connectivity index (χ0) is 11.8. The molecule has 0 aliphatic carbocycles. The van der Waals surface area contributed by atoms with Crippen molar-refractivity contribution in [2.45, 2.75) is 45.6 Å². The normalized spacial score (nSPS) is 12.7. The van der Waals surface area contributed by atoms with E-state index in [-0.39, 0.29) is 0 Å². The van der Waals surface area contributed by atoms with Gasteiger partial charge in [-0.1, -0.05) is 50.4 Å². The lowest BCUT2D eigenvalue weighted by Gasteiger charge is -2.17. The van der Waals surface area contributed by atoms with Crippen LogP contribution in [-0.2, 0) is 0 Å². The van der Waals surface area contributed by atoms with E-state index < -0.39 is 0 Å². The first-order chi connectivity index (χ1) is 7.77. The van der Waals surface area contributed by atoms with Gasteiger partial charge < -0.3 is 5.32 Å². The van der Waals surface area contributed by atoms with Gasteiger partial charge in [-0.2, -0.15) is 0 Å². The second kappa shape index (κ2) is 7.70. The first-order valence-corrected chi connectivity index (χ1v) is 6.64. The molecule has 1 atom stereocenters. The molecule has 16 heavy (non-hydrogen) atoms. The summed E-state index contributed by atoms with van der Waals surface area (Å²) >= 11 is 6.00. The largest absolute Gasteiger partial charge is 0.310 e. The van der Waals surface area contributed by atoms with Crippen LogP contribution in [0.1, 0.15) is 51.1 Å². The molecule has 0 radical (unpaired) electrons. The van der Waals surface area contributed by atoms with Gasteiger partial charge in [-0.05, 0) is 37.1 Å². The molecule has 0 spiro atoms. The van der Waals surface area contributed by atoms with Gasteiger partial charge in [0.15, 0.2) is 0 Å². The number of nitrogens with one attached hydrogen (secondary N) is 1. The van der Waals surface area contributed by atoms with Gasteiger partial charge in [0.05, 0.1) is 0 Å². The van der Waals surface area contributed by atoms with Crippen LogP contribution < -0.4 is 5.32 Å². The monoisotopic (exact) mass is 239 g/mol. The Balaban J connectivity index is 2.47. The average molecular weight is 240 g/mol. The summed E-state index contributed by atoms with van der Waals surface area (Å²) in [5.41, 5.74) is 1.30. The number of hydrogen-bond acceptors (Lipinski definition) is 1.